The lowest BCUT2D eigenvalue weighted by atomic mass is 10.2. The highest BCUT2D eigenvalue weighted by molar-refractivity contribution is 6.35. The van der Waals surface area contributed by atoms with Crippen molar-refractivity contribution >= 4 is 41.2 Å². The molecular formula is C17H19Cl2NO3. The number of halogens is 2. The summed E-state index contributed by atoms with van der Waals surface area (Å²) in [5.41, 5.74) is 0.659. The zero-order chi connectivity index (χ0) is 16.7. The fourth-order valence-corrected chi connectivity index (χ4v) is 2.86. The van der Waals surface area contributed by atoms with Crippen molar-refractivity contribution in [2.24, 2.45) is 0 Å². The normalized spacial score (nSPS) is 15.5. The van der Waals surface area contributed by atoms with Crippen molar-refractivity contribution in [3.8, 4) is 0 Å². The van der Waals surface area contributed by atoms with Crippen LogP contribution in [0.3, 0.4) is 0 Å². The number of benzene rings is 1. The third-order valence-electron chi connectivity index (χ3n) is 3.66. The fourth-order valence-electron chi connectivity index (χ4n) is 2.39. The minimum Gasteiger partial charge on any atom is -0.452 e. The highest BCUT2D eigenvalue weighted by Crippen LogP contribution is 2.22. The molecule has 1 amide bonds. The molecule has 0 saturated carbocycles. The number of rotatable bonds is 4. The summed E-state index contributed by atoms with van der Waals surface area (Å²) in [6.45, 7) is 1.26. The van der Waals surface area contributed by atoms with E-state index in [0.29, 0.717) is 15.6 Å². The Balaban J connectivity index is 1.82. The van der Waals surface area contributed by atoms with E-state index in [0.717, 1.165) is 38.8 Å². The molecule has 6 heteroatoms. The van der Waals surface area contributed by atoms with Crippen molar-refractivity contribution < 1.29 is 14.3 Å². The predicted octanol–water partition coefficient (Wildman–Crippen LogP) is 3.95. The lowest BCUT2D eigenvalue weighted by Gasteiger charge is -2.19. The van der Waals surface area contributed by atoms with Crippen molar-refractivity contribution in [3.63, 3.8) is 0 Å². The first kappa shape index (κ1) is 17.8. The smallest absolute Gasteiger partial charge is 0.331 e. The molecule has 1 heterocycles. The van der Waals surface area contributed by atoms with Gasteiger partial charge in [-0.1, -0.05) is 42.1 Å². The van der Waals surface area contributed by atoms with Crippen LogP contribution in [0.2, 0.25) is 10.0 Å². The summed E-state index contributed by atoms with van der Waals surface area (Å²) in [5, 5.41) is 0.972. The molecule has 2 rings (SSSR count). The quantitative estimate of drug-likeness (QED) is 0.606. The van der Waals surface area contributed by atoms with Gasteiger partial charge in [-0.15, -0.1) is 0 Å². The highest BCUT2D eigenvalue weighted by atomic mass is 35.5. The Labute approximate surface area is 146 Å². The molecule has 1 fully saturated rings. The lowest BCUT2D eigenvalue weighted by Crippen LogP contribution is -2.35. The van der Waals surface area contributed by atoms with E-state index in [2.05, 4.69) is 0 Å². The van der Waals surface area contributed by atoms with Gasteiger partial charge in [0.15, 0.2) is 6.61 Å². The van der Waals surface area contributed by atoms with Crippen LogP contribution >= 0.6 is 23.2 Å². The van der Waals surface area contributed by atoms with Crippen molar-refractivity contribution in [2.75, 3.05) is 19.7 Å². The third kappa shape index (κ3) is 5.88. The minimum atomic E-state index is -0.570. The molecule has 0 spiro atoms. The Morgan fingerprint density at radius 2 is 1.83 bits per heavy atom. The number of carbonyl (C=O) groups is 2. The van der Waals surface area contributed by atoms with E-state index in [-0.39, 0.29) is 12.5 Å². The van der Waals surface area contributed by atoms with Crippen molar-refractivity contribution in [1.82, 2.24) is 4.90 Å². The Bertz CT molecular complexity index is 594. The maximum atomic E-state index is 12.0. The molecule has 0 bridgehead atoms. The summed E-state index contributed by atoms with van der Waals surface area (Å²) in [4.78, 5) is 25.5. The van der Waals surface area contributed by atoms with E-state index in [4.69, 9.17) is 27.9 Å². The molecule has 0 aliphatic carbocycles. The Kier molecular flexibility index (Phi) is 6.93. The first-order chi connectivity index (χ1) is 11.1. The van der Waals surface area contributed by atoms with Crippen LogP contribution in [0.25, 0.3) is 6.08 Å². The molecular weight excluding hydrogens is 337 g/mol. The van der Waals surface area contributed by atoms with Crippen LogP contribution in [0, 0.1) is 0 Å². The third-order valence-corrected chi connectivity index (χ3v) is 4.22. The molecule has 4 nitrogen and oxygen atoms in total. The molecule has 1 aliphatic heterocycles. The van der Waals surface area contributed by atoms with E-state index in [1.807, 2.05) is 0 Å². The fraction of sp³-hybridized carbons (Fsp3) is 0.412. The molecule has 0 N–H and O–H groups in total. The average molecular weight is 356 g/mol. The molecule has 124 valence electrons. The zero-order valence-electron chi connectivity index (χ0n) is 12.8. The van der Waals surface area contributed by atoms with Crippen molar-refractivity contribution in [2.45, 2.75) is 25.7 Å². The summed E-state index contributed by atoms with van der Waals surface area (Å²) in [6.07, 6.45) is 7.11. The van der Waals surface area contributed by atoms with Crippen LogP contribution in [0.5, 0.6) is 0 Å². The van der Waals surface area contributed by atoms with Crippen LogP contribution in [-0.2, 0) is 14.3 Å². The largest absolute Gasteiger partial charge is 0.452 e. The number of carbonyl (C=O) groups excluding carboxylic acids is 2. The standard InChI is InChI=1S/C17H19Cl2NO3/c18-14-7-5-13(15(19)11-14)6-8-17(22)23-12-16(21)20-9-3-1-2-4-10-20/h5-8,11H,1-4,9-10,12H2/b8-6-. The summed E-state index contributed by atoms with van der Waals surface area (Å²) < 4.78 is 5.00. The number of esters is 1. The summed E-state index contributed by atoms with van der Waals surface area (Å²) >= 11 is 11.8. The van der Waals surface area contributed by atoms with Gasteiger partial charge in [0.25, 0.3) is 5.91 Å². The van der Waals surface area contributed by atoms with Gasteiger partial charge >= 0.3 is 5.97 Å². The second-order valence-corrected chi connectivity index (χ2v) is 6.25. The SMILES string of the molecule is O=C(/C=C\c1ccc(Cl)cc1Cl)OCC(=O)N1CCCCCC1. The molecule has 0 radical (unpaired) electrons. The van der Waals surface area contributed by atoms with E-state index >= 15 is 0 Å². The van der Waals surface area contributed by atoms with Gasteiger partial charge in [-0.05, 0) is 36.6 Å². The number of nitrogens with zero attached hydrogens (tertiary/aromatic N) is 1. The molecule has 1 aromatic rings. The van der Waals surface area contributed by atoms with E-state index < -0.39 is 5.97 Å². The van der Waals surface area contributed by atoms with Gasteiger partial charge in [0.1, 0.15) is 0 Å². The molecule has 1 aromatic carbocycles. The maximum Gasteiger partial charge on any atom is 0.331 e. The van der Waals surface area contributed by atoms with Gasteiger partial charge in [-0.25, -0.2) is 4.79 Å². The molecule has 23 heavy (non-hydrogen) atoms. The highest BCUT2D eigenvalue weighted by Gasteiger charge is 2.16. The van der Waals surface area contributed by atoms with Crippen molar-refractivity contribution in [1.29, 1.82) is 0 Å². The van der Waals surface area contributed by atoms with E-state index in [1.165, 1.54) is 12.2 Å². The van der Waals surface area contributed by atoms with Crippen LogP contribution < -0.4 is 0 Å². The van der Waals surface area contributed by atoms with Crippen LogP contribution in [-0.4, -0.2) is 36.5 Å². The minimum absolute atomic E-state index is 0.141. The van der Waals surface area contributed by atoms with Gasteiger partial charge in [-0.2, -0.15) is 0 Å². The topological polar surface area (TPSA) is 46.6 Å². The monoisotopic (exact) mass is 355 g/mol. The zero-order valence-corrected chi connectivity index (χ0v) is 14.3. The summed E-state index contributed by atoms with van der Waals surface area (Å²) in [7, 11) is 0. The van der Waals surface area contributed by atoms with Gasteiger partial charge < -0.3 is 9.64 Å². The van der Waals surface area contributed by atoms with Gasteiger partial charge in [0, 0.05) is 29.2 Å². The number of likely N-dealkylation sites (tertiary alicyclic amines) is 1. The Morgan fingerprint density at radius 1 is 1.13 bits per heavy atom. The number of hydrogen-bond donors (Lipinski definition) is 0. The van der Waals surface area contributed by atoms with Crippen LogP contribution in [0.4, 0.5) is 0 Å². The molecule has 0 atom stereocenters. The van der Waals surface area contributed by atoms with E-state index in [9.17, 15) is 9.59 Å². The van der Waals surface area contributed by atoms with Gasteiger partial charge in [0.05, 0.1) is 0 Å². The Hall–Kier alpha value is -1.52. The molecule has 0 unspecified atom stereocenters. The number of ether oxygens (including phenoxy) is 1. The molecule has 1 aliphatic rings. The first-order valence-electron chi connectivity index (χ1n) is 7.64. The Morgan fingerprint density at radius 3 is 2.48 bits per heavy atom. The average Bonchev–Trinajstić information content (AvgIpc) is 2.81. The van der Waals surface area contributed by atoms with Crippen LogP contribution in [0.15, 0.2) is 24.3 Å². The molecule has 1 saturated heterocycles. The maximum absolute atomic E-state index is 12.0. The lowest BCUT2D eigenvalue weighted by molar-refractivity contribution is -0.148. The van der Waals surface area contributed by atoms with Gasteiger partial charge in [-0.3, -0.25) is 4.79 Å². The first-order valence-corrected chi connectivity index (χ1v) is 8.39. The number of amides is 1. The predicted molar refractivity (Wildman–Crippen MR) is 91.5 cm³/mol. The van der Waals surface area contributed by atoms with E-state index in [1.54, 1.807) is 23.1 Å². The second-order valence-electron chi connectivity index (χ2n) is 5.40. The number of hydrogen-bond acceptors (Lipinski definition) is 3. The summed E-state index contributed by atoms with van der Waals surface area (Å²) in [6, 6.07) is 4.98. The second kappa shape index (κ2) is 8.94. The van der Waals surface area contributed by atoms with Gasteiger partial charge in [0.2, 0.25) is 0 Å². The molecule has 0 aromatic heterocycles. The van der Waals surface area contributed by atoms with Crippen LogP contribution in [0.1, 0.15) is 31.2 Å². The van der Waals surface area contributed by atoms with Crippen molar-refractivity contribution in [3.05, 3.63) is 39.9 Å². The summed E-state index contributed by atoms with van der Waals surface area (Å²) in [5.74, 6) is -0.711.